The lowest BCUT2D eigenvalue weighted by molar-refractivity contribution is 0.174. The molecule has 0 spiro atoms. The summed E-state index contributed by atoms with van der Waals surface area (Å²) in [6, 6.07) is 26.4. The van der Waals surface area contributed by atoms with Crippen LogP contribution in [-0.2, 0) is 0 Å². The minimum Gasteiger partial charge on any atom is -0.454 e. The van der Waals surface area contributed by atoms with E-state index in [1.807, 2.05) is 48.7 Å². The molecule has 2 aromatic heterocycles. The number of ether oxygens (including phenoxy) is 2. The van der Waals surface area contributed by atoms with E-state index >= 15 is 0 Å². The van der Waals surface area contributed by atoms with Crippen LogP contribution >= 0.6 is 12.2 Å². The van der Waals surface area contributed by atoms with Gasteiger partial charge in [-0.3, -0.25) is 4.98 Å². The summed E-state index contributed by atoms with van der Waals surface area (Å²) in [5.74, 6) is 1.48. The van der Waals surface area contributed by atoms with E-state index in [9.17, 15) is 0 Å². The smallest absolute Gasteiger partial charge is 0.231 e. The lowest BCUT2D eigenvalue weighted by Gasteiger charge is -2.29. The van der Waals surface area contributed by atoms with Crippen molar-refractivity contribution < 1.29 is 9.47 Å². The maximum atomic E-state index is 5.88. The van der Waals surface area contributed by atoms with Crippen molar-refractivity contribution in [3.8, 4) is 17.2 Å². The number of nitrogens with one attached hydrogen (secondary N) is 1. The largest absolute Gasteiger partial charge is 0.454 e. The third-order valence-corrected chi connectivity index (χ3v) is 6.47. The van der Waals surface area contributed by atoms with Gasteiger partial charge in [-0.1, -0.05) is 24.3 Å². The molecule has 4 heterocycles. The second-order valence-electron chi connectivity index (χ2n) is 8.10. The molecule has 1 N–H and O–H groups in total. The van der Waals surface area contributed by atoms with E-state index in [-0.39, 0.29) is 18.9 Å². The van der Waals surface area contributed by atoms with Gasteiger partial charge >= 0.3 is 0 Å². The van der Waals surface area contributed by atoms with Crippen molar-refractivity contribution in [3.63, 3.8) is 0 Å². The quantitative estimate of drug-likeness (QED) is 0.434. The second kappa shape index (κ2) is 7.94. The fraction of sp³-hybridized carbons (Fsp3) is 0.154. The van der Waals surface area contributed by atoms with Crippen molar-refractivity contribution in [2.45, 2.75) is 19.0 Å². The number of rotatable bonds is 4. The molecule has 1 fully saturated rings. The van der Waals surface area contributed by atoms with Gasteiger partial charge in [0.25, 0.3) is 0 Å². The fourth-order valence-corrected chi connectivity index (χ4v) is 5.03. The fourth-order valence-electron chi connectivity index (χ4n) is 4.69. The Bertz CT molecular complexity index is 1320. The molecule has 0 amide bonds. The van der Waals surface area contributed by atoms with Crippen LogP contribution in [0.4, 0.5) is 5.69 Å². The molecular formula is C26H22N4O2S. The molecule has 2 atom stereocenters. The van der Waals surface area contributed by atoms with Gasteiger partial charge in [0, 0.05) is 35.0 Å². The standard InChI is InChI=1S/C26H22N4O2S/c1-17-10-12-21(29(17)18-7-3-2-4-8-18)25-24(20-9-5-6-14-27-20)28-26(33)30(25)19-11-13-22-23(15-19)32-16-31-22/h2-15,24-25H,16H2,1H3,(H,28,33)/t24-,25-/m0/s1. The lowest BCUT2D eigenvalue weighted by Crippen LogP contribution is -2.30. The Morgan fingerprint density at radius 3 is 2.55 bits per heavy atom. The molecular weight excluding hydrogens is 432 g/mol. The zero-order valence-corrected chi connectivity index (χ0v) is 18.8. The number of hydrogen-bond donors (Lipinski definition) is 1. The average Bonchev–Trinajstić information content (AvgIpc) is 3.56. The van der Waals surface area contributed by atoms with Gasteiger partial charge in [-0.2, -0.15) is 0 Å². The Morgan fingerprint density at radius 1 is 0.909 bits per heavy atom. The van der Waals surface area contributed by atoms with E-state index in [2.05, 4.69) is 63.1 Å². The monoisotopic (exact) mass is 454 g/mol. The molecule has 164 valence electrons. The Kier molecular flexibility index (Phi) is 4.77. The number of benzene rings is 2. The highest BCUT2D eigenvalue weighted by atomic mass is 32.1. The summed E-state index contributed by atoms with van der Waals surface area (Å²) < 4.78 is 13.5. The molecule has 2 aromatic carbocycles. The van der Waals surface area contributed by atoms with E-state index in [0.29, 0.717) is 5.11 Å². The van der Waals surface area contributed by atoms with Crippen LogP contribution in [-0.4, -0.2) is 21.5 Å². The number of aryl methyl sites for hydroxylation is 1. The van der Waals surface area contributed by atoms with Crippen molar-refractivity contribution in [1.29, 1.82) is 0 Å². The summed E-state index contributed by atoms with van der Waals surface area (Å²) in [5.41, 5.74) is 5.27. The van der Waals surface area contributed by atoms with E-state index < -0.39 is 0 Å². The number of hydrogen-bond acceptors (Lipinski definition) is 4. The van der Waals surface area contributed by atoms with Gasteiger partial charge in [-0.25, -0.2) is 0 Å². The van der Waals surface area contributed by atoms with Gasteiger partial charge in [0.2, 0.25) is 6.79 Å². The lowest BCUT2D eigenvalue weighted by atomic mass is 10.0. The average molecular weight is 455 g/mol. The molecule has 7 heteroatoms. The van der Waals surface area contributed by atoms with Crippen molar-refractivity contribution in [2.24, 2.45) is 0 Å². The summed E-state index contributed by atoms with van der Waals surface area (Å²) in [4.78, 5) is 6.82. The molecule has 0 aliphatic carbocycles. The number of anilines is 1. The zero-order valence-electron chi connectivity index (χ0n) is 18.0. The van der Waals surface area contributed by atoms with Crippen LogP contribution in [0.15, 0.2) is 85.1 Å². The van der Waals surface area contributed by atoms with Gasteiger partial charge < -0.3 is 24.3 Å². The number of nitrogens with zero attached hydrogens (tertiary/aromatic N) is 3. The van der Waals surface area contributed by atoms with Gasteiger partial charge in [0.15, 0.2) is 16.6 Å². The van der Waals surface area contributed by atoms with Crippen LogP contribution in [0.2, 0.25) is 0 Å². The number of para-hydroxylation sites is 1. The highest BCUT2D eigenvalue weighted by Crippen LogP contribution is 2.45. The van der Waals surface area contributed by atoms with Crippen LogP contribution in [0.3, 0.4) is 0 Å². The summed E-state index contributed by atoms with van der Waals surface area (Å²) in [6.45, 7) is 2.36. The first kappa shape index (κ1) is 19.8. The predicted octanol–water partition coefficient (Wildman–Crippen LogP) is 5.09. The van der Waals surface area contributed by atoms with Gasteiger partial charge in [0.1, 0.15) is 6.04 Å². The molecule has 0 saturated carbocycles. The Morgan fingerprint density at radius 2 is 1.73 bits per heavy atom. The summed E-state index contributed by atoms with van der Waals surface area (Å²) in [6.07, 6.45) is 1.82. The Balaban J connectivity index is 1.53. The van der Waals surface area contributed by atoms with Gasteiger partial charge in [-0.15, -0.1) is 0 Å². The van der Waals surface area contributed by atoms with Crippen molar-refractivity contribution in [1.82, 2.24) is 14.9 Å². The molecule has 2 aliphatic heterocycles. The topological polar surface area (TPSA) is 51.6 Å². The first-order valence-corrected chi connectivity index (χ1v) is 11.3. The van der Waals surface area contributed by atoms with E-state index in [0.717, 1.165) is 40.0 Å². The van der Waals surface area contributed by atoms with Crippen LogP contribution in [0.5, 0.6) is 11.5 Å². The number of pyridine rings is 1. The second-order valence-corrected chi connectivity index (χ2v) is 8.49. The zero-order chi connectivity index (χ0) is 22.4. The van der Waals surface area contributed by atoms with Gasteiger partial charge in [-0.05, 0) is 67.7 Å². The molecule has 6 rings (SSSR count). The van der Waals surface area contributed by atoms with Crippen molar-refractivity contribution >= 4 is 23.0 Å². The van der Waals surface area contributed by atoms with Crippen LogP contribution in [0.1, 0.15) is 29.2 Å². The maximum Gasteiger partial charge on any atom is 0.231 e. The van der Waals surface area contributed by atoms with Crippen LogP contribution in [0, 0.1) is 6.92 Å². The van der Waals surface area contributed by atoms with E-state index in [1.54, 1.807) is 0 Å². The van der Waals surface area contributed by atoms with E-state index in [1.165, 1.54) is 0 Å². The first-order valence-electron chi connectivity index (χ1n) is 10.8. The SMILES string of the molecule is Cc1ccc([C@H]2[C@H](c3ccccn3)NC(=S)N2c2ccc3c(c2)OCO3)n1-c1ccccc1. The molecule has 0 radical (unpaired) electrons. The Hall–Kier alpha value is -3.84. The summed E-state index contributed by atoms with van der Waals surface area (Å²) >= 11 is 5.88. The maximum absolute atomic E-state index is 5.88. The normalized spacial score (nSPS) is 19.1. The summed E-state index contributed by atoms with van der Waals surface area (Å²) in [5, 5.41) is 4.18. The molecule has 4 aromatic rings. The first-order chi connectivity index (χ1) is 16.2. The Labute approximate surface area is 197 Å². The predicted molar refractivity (Wildman–Crippen MR) is 131 cm³/mol. The number of thiocarbonyl (C=S) groups is 1. The van der Waals surface area contributed by atoms with Crippen molar-refractivity contribution in [2.75, 3.05) is 11.7 Å². The number of aromatic nitrogens is 2. The molecule has 2 aliphatic rings. The highest BCUT2D eigenvalue weighted by molar-refractivity contribution is 7.80. The molecule has 1 saturated heterocycles. The minimum absolute atomic E-state index is 0.123. The molecule has 6 nitrogen and oxygen atoms in total. The number of fused-ring (bicyclic) bond motifs is 1. The summed E-state index contributed by atoms with van der Waals surface area (Å²) in [7, 11) is 0. The minimum atomic E-state index is -0.124. The molecule has 0 unspecified atom stereocenters. The van der Waals surface area contributed by atoms with Crippen LogP contribution < -0.4 is 19.7 Å². The highest BCUT2D eigenvalue weighted by Gasteiger charge is 2.42. The van der Waals surface area contributed by atoms with Gasteiger partial charge in [0.05, 0.1) is 11.7 Å². The van der Waals surface area contributed by atoms with Crippen molar-refractivity contribution in [3.05, 3.63) is 102 Å². The van der Waals surface area contributed by atoms with Crippen LogP contribution in [0.25, 0.3) is 5.69 Å². The van der Waals surface area contributed by atoms with E-state index in [4.69, 9.17) is 21.7 Å². The molecule has 33 heavy (non-hydrogen) atoms. The third-order valence-electron chi connectivity index (χ3n) is 6.16. The third kappa shape index (κ3) is 3.32. The molecule has 0 bridgehead atoms.